The summed E-state index contributed by atoms with van der Waals surface area (Å²) < 4.78 is 13.2. The number of hydrogen-bond acceptors (Lipinski definition) is 2. The van der Waals surface area contributed by atoms with Crippen LogP contribution in [0.15, 0.2) is 18.2 Å². The molecule has 0 saturated carbocycles. The van der Waals surface area contributed by atoms with Gasteiger partial charge in [0.25, 0.3) is 5.91 Å². The summed E-state index contributed by atoms with van der Waals surface area (Å²) in [5.74, 6) is 0.297. The average Bonchev–Trinajstić information content (AvgIpc) is 2.62. The fourth-order valence-electron chi connectivity index (χ4n) is 3.01. The molecule has 17 heavy (non-hydrogen) atoms. The summed E-state index contributed by atoms with van der Waals surface area (Å²) in [5, 5.41) is 2.89. The largest absolute Gasteiger partial charge is 0.352 e. The van der Waals surface area contributed by atoms with E-state index in [0.717, 1.165) is 18.7 Å². The summed E-state index contributed by atoms with van der Waals surface area (Å²) in [7, 11) is 2.08. The Balaban J connectivity index is 2.09. The van der Waals surface area contributed by atoms with Gasteiger partial charge in [-0.15, -0.1) is 0 Å². The van der Waals surface area contributed by atoms with Crippen LogP contribution >= 0.6 is 0 Å². The van der Waals surface area contributed by atoms with E-state index in [1.807, 2.05) is 0 Å². The molecule has 1 fully saturated rings. The molecule has 2 heterocycles. The molecular formula is C13H15FN2O. The molecule has 0 spiro atoms. The molecule has 0 aromatic heterocycles. The molecule has 1 N–H and O–H groups in total. The summed E-state index contributed by atoms with van der Waals surface area (Å²) in [6.45, 7) is 2.62. The Morgan fingerprint density at radius 2 is 2.24 bits per heavy atom. The van der Waals surface area contributed by atoms with Crippen LogP contribution in [0.25, 0.3) is 0 Å². The summed E-state index contributed by atoms with van der Waals surface area (Å²) in [6.07, 6.45) is 0. The highest BCUT2D eigenvalue weighted by Gasteiger charge is 2.36. The second-order valence-electron chi connectivity index (χ2n) is 5.03. The third-order valence-corrected chi connectivity index (χ3v) is 3.81. The molecule has 0 bridgehead atoms. The zero-order valence-corrected chi connectivity index (χ0v) is 9.74. The van der Waals surface area contributed by atoms with Gasteiger partial charge in [0.15, 0.2) is 0 Å². The van der Waals surface area contributed by atoms with Crippen molar-refractivity contribution in [1.29, 1.82) is 0 Å². The van der Waals surface area contributed by atoms with Crippen molar-refractivity contribution in [2.24, 2.45) is 5.92 Å². The molecule has 1 amide bonds. The second-order valence-corrected chi connectivity index (χ2v) is 5.03. The Morgan fingerprint density at radius 1 is 1.41 bits per heavy atom. The molecule has 4 heteroatoms. The Hall–Kier alpha value is -1.42. The third-order valence-electron chi connectivity index (χ3n) is 3.81. The van der Waals surface area contributed by atoms with E-state index in [0.29, 0.717) is 23.9 Å². The van der Waals surface area contributed by atoms with Gasteiger partial charge in [-0.3, -0.25) is 4.79 Å². The third kappa shape index (κ3) is 1.72. The van der Waals surface area contributed by atoms with Gasteiger partial charge in [0, 0.05) is 31.1 Å². The van der Waals surface area contributed by atoms with Crippen LogP contribution in [0.2, 0.25) is 0 Å². The van der Waals surface area contributed by atoms with E-state index in [1.165, 1.54) is 12.1 Å². The van der Waals surface area contributed by atoms with E-state index in [-0.39, 0.29) is 11.7 Å². The van der Waals surface area contributed by atoms with Crippen LogP contribution in [0.1, 0.15) is 21.8 Å². The molecule has 2 atom stereocenters. The molecule has 0 aliphatic carbocycles. The molecule has 1 aromatic rings. The van der Waals surface area contributed by atoms with Gasteiger partial charge in [0.2, 0.25) is 0 Å². The number of carbonyl (C=O) groups is 1. The van der Waals surface area contributed by atoms with E-state index in [1.54, 1.807) is 6.07 Å². The van der Waals surface area contributed by atoms with Gasteiger partial charge in [0.1, 0.15) is 5.82 Å². The number of amides is 1. The van der Waals surface area contributed by atoms with Crippen LogP contribution in [0, 0.1) is 11.7 Å². The maximum absolute atomic E-state index is 13.2. The van der Waals surface area contributed by atoms with Gasteiger partial charge >= 0.3 is 0 Å². The number of hydrogen-bond donors (Lipinski definition) is 1. The molecular weight excluding hydrogens is 219 g/mol. The van der Waals surface area contributed by atoms with E-state index in [4.69, 9.17) is 0 Å². The van der Waals surface area contributed by atoms with E-state index in [2.05, 4.69) is 17.3 Å². The van der Waals surface area contributed by atoms with Crippen molar-refractivity contribution in [3.05, 3.63) is 35.1 Å². The smallest absolute Gasteiger partial charge is 0.251 e. The molecule has 90 valence electrons. The number of likely N-dealkylation sites (tertiary alicyclic amines) is 1. The van der Waals surface area contributed by atoms with Crippen molar-refractivity contribution in [2.45, 2.75) is 5.92 Å². The standard InChI is InChI=1S/C13H15FN2O/c1-16-6-8-5-15-13(17)11-4-9(14)2-3-10(11)12(8)7-16/h2-4,8,12H,5-7H2,1H3,(H,15,17)/t8-,12-/m0/s1. The van der Waals surface area contributed by atoms with Crippen molar-refractivity contribution in [3.8, 4) is 0 Å². The second kappa shape index (κ2) is 3.81. The molecule has 3 rings (SSSR count). The Morgan fingerprint density at radius 3 is 3.06 bits per heavy atom. The highest BCUT2D eigenvalue weighted by atomic mass is 19.1. The van der Waals surface area contributed by atoms with Crippen LogP contribution in [0.5, 0.6) is 0 Å². The van der Waals surface area contributed by atoms with Crippen molar-refractivity contribution < 1.29 is 9.18 Å². The number of fused-ring (bicyclic) bond motifs is 3. The summed E-state index contributed by atoms with van der Waals surface area (Å²) >= 11 is 0. The maximum Gasteiger partial charge on any atom is 0.251 e. The normalized spacial score (nSPS) is 28.2. The first-order chi connectivity index (χ1) is 8.15. The minimum Gasteiger partial charge on any atom is -0.352 e. The average molecular weight is 234 g/mol. The first-order valence-corrected chi connectivity index (χ1v) is 5.91. The fourth-order valence-corrected chi connectivity index (χ4v) is 3.01. The lowest BCUT2D eigenvalue weighted by Crippen LogP contribution is -2.29. The molecule has 2 aliphatic heterocycles. The van der Waals surface area contributed by atoms with E-state index < -0.39 is 0 Å². The number of carbonyl (C=O) groups excluding carboxylic acids is 1. The van der Waals surface area contributed by atoms with Gasteiger partial charge in [-0.25, -0.2) is 4.39 Å². The molecule has 0 radical (unpaired) electrons. The van der Waals surface area contributed by atoms with Crippen LogP contribution in [-0.4, -0.2) is 37.5 Å². The quantitative estimate of drug-likeness (QED) is 0.732. The Bertz CT molecular complexity index is 474. The van der Waals surface area contributed by atoms with Crippen molar-refractivity contribution in [1.82, 2.24) is 10.2 Å². The van der Waals surface area contributed by atoms with Crippen molar-refractivity contribution >= 4 is 5.91 Å². The Labute approximate surface area is 99.6 Å². The van der Waals surface area contributed by atoms with Gasteiger partial charge in [-0.1, -0.05) is 6.07 Å². The van der Waals surface area contributed by atoms with Crippen molar-refractivity contribution in [3.63, 3.8) is 0 Å². The number of likely N-dealkylation sites (N-methyl/N-ethyl adjacent to an activating group) is 1. The van der Waals surface area contributed by atoms with Gasteiger partial charge in [0.05, 0.1) is 0 Å². The topological polar surface area (TPSA) is 32.3 Å². The summed E-state index contributed by atoms with van der Waals surface area (Å²) in [5.41, 5.74) is 1.50. The molecule has 3 nitrogen and oxygen atoms in total. The first-order valence-electron chi connectivity index (χ1n) is 5.91. The lowest BCUT2D eigenvalue weighted by molar-refractivity contribution is 0.0951. The SMILES string of the molecule is CN1C[C@@H]2CNC(=O)c3cc(F)ccc3[C@H]2C1. The minimum atomic E-state index is -0.344. The lowest BCUT2D eigenvalue weighted by atomic mass is 9.87. The zero-order valence-electron chi connectivity index (χ0n) is 9.74. The number of benzene rings is 1. The first kappa shape index (κ1) is 10.7. The Kier molecular flexibility index (Phi) is 2.40. The van der Waals surface area contributed by atoms with Crippen LogP contribution in [-0.2, 0) is 0 Å². The van der Waals surface area contributed by atoms with Crippen LogP contribution in [0.4, 0.5) is 4.39 Å². The van der Waals surface area contributed by atoms with Crippen molar-refractivity contribution in [2.75, 3.05) is 26.7 Å². The molecule has 2 aliphatic rings. The molecule has 1 aromatic carbocycles. The van der Waals surface area contributed by atoms with Gasteiger partial charge in [-0.05, 0) is 30.7 Å². The van der Waals surface area contributed by atoms with Crippen LogP contribution < -0.4 is 5.32 Å². The number of nitrogens with zero attached hydrogens (tertiary/aromatic N) is 1. The van der Waals surface area contributed by atoms with Gasteiger partial charge in [-0.2, -0.15) is 0 Å². The van der Waals surface area contributed by atoms with Crippen LogP contribution in [0.3, 0.4) is 0 Å². The van der Waals surface area contributed by atoms with E-state index in [9.17, 15) is 9.18 Å². The van der Waals surface area contributed by atoms with Gasteiger partial charge < -0.3 is 10.2 Å². The number of halogens is 1. The zero-order chi connectivity index (χ0) is 12.0. The monoisotopic (exact) mass is 234 g/mol. The molecule has 0 unspecified atom stereocenters. The lowest BCUT2D eigenvalue weighted by Gasteiger charge is -2.15. The maximum atomic E-state index is 13.2. The minimum absolute atomic E-state index is 0.142. The predicted molar refractivity (Wildman–Crippen MR) is 62.5 cm³/mol. The number of rotatable bonds is 0. The summed E-state index contributed by atoms with van der Waals surface area (Å²) in [6, 6.07) is 4.57. The highest BCUT2D eigenvalue weighted by molar-refractivity contribution is 5.96. The number of nitrogens with one attached hydrogen (secondary N) is 1. The predicted octanol–water partition coefficient (Wildman–Crippen LogP) is 1.21. The van der Waals surface area contributed by atoms with E-state index >= 15 is 0 Å². The summed E-state index contributed by atoms with van der Waals surface area (Å²) in [4.78, 5) is 14.1. The molecule has 1 saturated heterocycles. The highest BCUT2D eigenvalue weighted by Crippen LogP contribution is 2.35. The fraction of sp³-hybridized carbons (Fsp3) is 0.462.